The van der Waals surface area contributed by atoms with Crippen molar-refractivity contribution in [3.8, 4) is 0 Å². The number of benzene rings is 1. The molecule has 1 fully saturated rings. The first-order valence-electron chi connectivity index (χ1n) is 10.2. The second-order valence-corrected chi connectivity index (χ2v) is 8.80. The molecule has 1 aliphatic carbocycles. The molecule has 2 heterocycles. The van der Waals surface area contributed by atoms with Gasteiger partial charge in [0, 0.05) is 37.9 Å². The Hall–Kier alpha value is -3.01. The number of rotatable bonds is 5. The van der Waals surface area contributed by atoms with Crippen LogP contribution in [0.1, 0.15) is 49.4 Å². The van der Waals surface area contributed by atoms with Gasteiger partial charge in [-0.15, -0.1) is 11.8 Å². The molecule has 1 aromatic carbocycles. The summed E-state index contributed by atoms with van der Waals surface area (Å²) in [7, 11) is 3.07. The average molecular weight is 442 g/mol. The van der Waals surface area contributed by atoms with Crippen LogP contribution in [0.25, 0.3) is 11.0 Å². The van der Waals surface area contributed by atoms with E-state index < -0.39 is 16.2 Å². The number of fused-ring (bicyclic) bond motifs is 1. The van der Waals surface area contributed by atoms with Gasteiger partial charge in [0.05, 0.1) is 4.92 Å². The van der Waals surface area contributed by atoms with Crippen molar-refractivity contribution in [3.63, 3.8) is 0 Å². The van der Waals surface area contributed by atoms with Crippen LogP contribution in [-0.2, 0) is 19.8 Å². The van der Waals surface area contributed by atoms with E-state index in [9.17, 15) is 19.7 Å². The number of aryl methyl sites for hydroxylation is 1. The van der Waals surface area contributed by atoms with Crippen LogP contribution in [0.5, 0.6) is 0 Å². The van der Waals surface area contributed by atoms with E-state index in [1.807, 2.05) is 0 Å². The van der Waals surface area contributed by atoms with Gasteiger partial charge in [0.25, 0.3) is 11.2 Å². The maximum atomic E-state index is 12.9. The number of nitro benzene ring substituents is 1. The Morgan fingerprint density at radius 2 is 1.74 bits per heavy atom. The summed E-state index contributed by atoms with van der Waals surface area (Å²) in [6.45, 7) is 0. The average Bonchev–Trinajstić information content (AvgIpc) is 2.80. The maximum Gasteiger partial charge on any atom is 0.332 e. The van der Waals surface area contributed by atoms with Crippen molar-refractivity contribution in [2.45, 2.75) is 48.8 Å². The summed E-state index contributed by atoms with van der Waals surface area (Å²) in [5.74, 6) is 1.39. The highest BCUT2D eigenvalue weighted by Crippen LogP contribution is 2.33. The Morgan fingerprint density at radius 3 is 2.39 bits per heavy atom. The number of thioether (sulfide) groups is 1. The fraction of sp³-hybridized carbons (Fsp3) is 0.429. The molecule has 31 heavy (non-hydrogen) atoms. The van der Waals surface area contributed by atoms with Gasteiger partial charge < -0.3 is 0 Å². The Bertz CT molecular complexity index is 1260. The molecule has 0 saturated heterocycles. The normalized spacial score (nSPS) is 14.8. The van der Waals surface area contributed by atoms with Gasteiger partial charge in [-0.25, -0.2) is 14.8 Å². The lowest BCUT2D eigenvalue weighted by atomic mass is 9.89. The minimum Gasteiger partial charge on any atom is -0.280 e. The van der Waals surface area contributed by atoms with E-state index in [-0.39, 0.29) is 11.6 Å². The summed E-state index contributed by atoms with van der Waals surface area (Å²) < 4.78 is 2.47. The van der Waals surface area contributed by atoms with Crippen LogP contribution < -0.4 is 11.2 Å². The summed E-state index contributed by atoms with van der Waals surface area (Å²) >= 11 is 1.38. The first kappa shape index (κ1) is 21.2. The SMILES string of the molecule is Cn1c(=O)c2c(SCc3ccc([N+](=O)[O-])cc3)nc(C3CCCCC3)nc2n(C)c1=O. The van der Waals surface area contributed by atoms with Crippen molar-refractivity contribution in [1.29, 1.82) is 0 Å². The van der Waals surface area contributed by atoms with Crippen LogP contribution in [0.3, 0.4) is 0 Å². The lowest BCUT2D eigenvalue weighted by Gasteiger charge is -2.21. The zero-order valence-electron chi connectivity index (χ0n) is 17.4. The Labute approximate surface area is 182 Å². The van der Waals surface area contributed by atoms with E-state index in [4.69, 9.17) is 4.98 Å². The maximum absolute atomic E-state index is 12.9. The van der Waals surface area contributed by atoms with Crippen LogP contribution in [0.15, 0.2) is 38.9 Å². The second kappa shape index (κ2) is 8.62. The molecule has 0 bridgehead atoms. The predicted octanol–water partition coefficient (Wildman–Crippen LogP) is 3.28. The first-order valence-corrected chi connectivity index (χ1v) is 11.2. The van der Waals surface area contributed by atoms with Gasteiger partial charge in [-0.05, 0) is 18.4 Å². The van der Waals surface area contributed by atoms with E-state index in [1.54, 1.807) is 19.2 Å². The van der Waals surface area contributed by atoms with Crippen molar-refractivity contribution in [2.75, 3.05) is 0 Å². The minimum atomic E-state index is -0.435. The summed E-state index contributed by atoms with van der Waals surface area (Å²) in [6.07, 6.45) is 5.43. The zero-order chi connectivity index (χ0) is 22.1. The third kappa shape index (κ3) is 4.12. The smallest absolute Gasteiger partial charge is 0.280 e. The molecule has 0 radical (unpaired) electrons. The molecule has 4 rings (SSSR count). The first-order chi connectivity index (χ1) is 14.9. The van der Waals surface area contributed by atoms with Gasteiger partial charge in [0.2, 0.25) is 0 Å². The van der Waals surface area contributed by atoms with Gasteiger partial charge in [-0.2, -0.15) is 0 Å². The number of non-ortho nitro benzene ring substituents is 1. The van der Waals surface area contributed by atoms with E-state index >= 15 is 0 Å². The molecule has 0 atom stereocenters. The molecule has 0 aliphatic heterocycles. The molecule has 0 amide bonds. The minimum absolute atomic E-state index is 0.0321. The van der Waals surface area contributed by atoms with Crippen LogP contribution in [-0.4, -0.2) is 24.0 Å². The Morgan fingerprint density at radius 1 is 1.06 bits per heavy atom. The fourth-order valence-corrected chi connectivity index (χ4v) is 4.94. The molecule has 0 unspecified atom stereocenters. The Balaban J connectivity index is 1.78. The molecule has 9 nitrogen and oxygen atoms in total. The zero-order valence-corrected chi connectivity index (χ0v) is 18.2. The predicted molar refractivity (Wildman–Crippen MR) is 119 cm³/mol. The molecule has 162 valence electrons. The van der Waals surface area contributed by atoms with Gasteiger partial charge in [-0.1, -0.05) is 31.4 Å². The highest BCUT2D eigenvalue weighted by molar-refractivity contribution is 7.98. The molecule has 0 N–H and O–H groups in total. The Kier molecular flexibility index (Phi) is 5.90. The molecular weight excluding hydrogens is 418 g/mol. The molecule has 10 heteroatoms. The summed E-state index contributed by atoms with van der Waals surface area (Å²) in [5.41, 5.74) is 0.430. The number of aromatic nitrogens is 4. The largest absolute Gasteiger partial charge is 0.332 e. The highest BCUT2D eigenvalue weighted by atomic mass is 32.2. The van der Waals surface area contributed by atoms with Crippen molar-refractivity contribution in [1.82, 2.24) is 19.1 Å². The number of nitrogens with zero attached hydrogens (tertiary/aromatic N) is 5. The van der Waals surface area contributed by atoms with Gasteiger partial charge in [0.15, 0.2) is 5.65 Å². The van der Waals surface area contributed by atoms with Crippen molar-refractivity contribution in [2.24, 2.45) is 14.1 Å². The summed E-state index contributed by atoms with van der Waals surface area (Å²) in [4.78, 5) is 45.3. The number of hydrogen-bond acceptors (Lipinski definition) is 7. The summed E-state index contributed by atoms with van der Waals surface area (Å²) in [5, 5.41) is 11.7. The molecule has 3 aromatic rings. The van der Waals surface area contributed by atoms with E-state index in [2.05, 4.69) is 4.98 Å². The van der Waals surface area contributed by atoms with E-state index in [0.717, 1.165) is 35.8 Å². The van der Waals surface area contributed by atoms with Crippen molar-refractivity contribution >= 4 is 28.5 Å². The topological polar surface area (TPSA) is 113 Å². The number of nitro groups is 1. The van der Waals surface area contributed by atoms with E-state index in [0.29, 0.717) is 27.6 Å². The van der Waals surface area contributed by atoms with E-state index in [1.165, 1.54) is 41.9 Å². The van der Waals surface area contributed by atoms with Gasteiger partial charge in [-0.3, -0.25) is 24.0 Å². The monoisotopic (exact) mass is 441 g/mol. The quantitative estimate of drug-likeness (QED) is 0.258. The standard InChI is InChI=1S/C21H23N5O4S/c1-24-18-16(20(27)25(2)21(24)28)19(23-17(22-18)14-6-4-3-5-7-14)31-12-13-8-10-15(11-9-13)26(29)30/h8-11,14H,3-7,12H2,1-2H3. The molecule has 1 aliphatic rings. The fourth-order valence-electron chi connectivity index (χ4n) is 3.96. The molecule has 2 aromatic heterocycles. The van der Waals surface area contributed by atoms with Crippen LogP contribution in [0.2, 0.25) is 0 Å². The van der Waals surface area contributed by atoms with Gasteiger partial charge in [0.1, 0.15) is 16.2 Å². The molecule has 0 spiro atoms. The number of hydrogen-bond donors (Lipinski definition) is 0. The van der Waals surface area contributed by atoms with Crippen molar-refractivity contribution in [3.05, 3.63) is 66.6 Å². The van der Waals surface area contributed by atoms with Crippen LogP contribution in [0, 0.1) is 10.1 Å². The van der Waals surface area contributed by atoms with Crippen molar-refractivity contribution < 1.29 is 4.92 Å². The lowest BCUT2D eigenvalue weighted by Crippen LogP contribution is -2.38. The third-order valence-corrected chi connectivity index (χ3v) is 6.82. The summed E-state index contributed by atoms with van der Waals surface area (Å²) in [6, 6.07) is 6.32. The molecule has 1 saturated carbocycles. The third-order valence-electron chi connectivity index (χ3n) is 5.78. The van der Waals surface area contributed by atoms with Gasteiger partial charge >= 0.3 is 5.69 Å². The van der Waals surface area contributed by atoms with Crippen LogP contribution >= 0.6 is 11.8 Å². The highest BCUT2D eigenvalue weighted by Gasteiger charge is 2.23. The van der Waals surface area contributed by atoms with Crippen LogP contribution in [0.4, 0.5) is 5.69 Å². The molecular formula is C21H23N5O4S. The second-order valence-electron chi connectivity index (χ2n) is 7.84. The lowest BCUT2D eigenvalue weighted by molar-refractivity contribution is -0.384.